The molecule has 2 aromatic carbocycles. The first-order chi connectivity index (χ1) is 14.1. The monoisotopic (exact) mass is 389 g/mol. The molecule has 1 amide bonds. The highest BCUT2D eigenvalue weighted by Crippen LogP contribution is 2.18. The first-order valence-electron chi connectivity index (χ1n) is 10.2. The minimum absolute atomic E-state index is 0.233. The standard InChI is InChI=1S/C23H27N5O/c1-17-6-8-18(9-7-17)10-11-22(29)28-14-12-27(13-15-28)16-21-25-20-5-3-2-4-19(20)23(24)26-21/h2-9H,10-16H2,1H3,(H2,24,25,26). The van der Waals surface area contributed by atoms with Crippen LogP contribution >= 0.6 is 0 Å². The Morgan fingerprint density at radius 2 is 1.72 bits per heavy atom. The zero-order valence-corrected chi connectivity index (χ0v) is 16.8. The molecule has 1 aliphatic heterocycles. The third-order valence-electron chi connectivity index (χ3n) is 5.52. The lowest BCUT2D eigenvalue weighted by atomic mass is 10.1. The zero-order chi connectivity index (χ0) is 20.2. The number of aryl methyl sites for hydroxylation is 2. The van der Waals surface area contributed by atoms with E-state index in [2.05, 4.69) is 46.1 Å². The Kier molecular flexibility index (Phi) is 5.71. The number of carbonyl (C=O) groups excluding carboxylic acids is 1. The van der Waals surface area contributed by atoms with Crippen LogP contribution in [0.4, 0.5) is 5.82 Å². The Morgan fingerprint density at radius 3 is 2.48 bits per heavy atom. The summed E-state index contributed by atoms with van der Waals surface area (Å²) in [7, 11) is 0. The van der Waals surface area contributed by atoms with Crippen molar-refractivity contribution in [2.75, 3.05) is 31.9 Å². The molecule has 1 aliphatic rings. The highest BCUT2D eigenvalue weighted by atomic mass is 16.2. The number of fused-ring (bicyclic) bond motifs is 1. The summed E-state index contributed by atoms with van der Waals surface area (Å²) in [5.74, 6) is 1.49. The molecule has 0 spiro atoms. The first kappa shape index (κ1) is 19.3. The Labute approximate surface area is 171 Å². The lowest BCUT2D eigenvalue weighted by Gasteiger charge is -2.34. The van der Waals surface area contributed by atoms with Gasteiger partial charge in [0, 0.05) is 38.0 Å². The number of carbonyl (C=O) groups is 1. The Morgan fingerprint density at radius 1 is 1.00 bits per heavy atom. The van der Waals surface area contributed by atoms with E-state index in [4.69, 9.17) is 5.73 Å². The van der Waals surface area contributed by atoms with Gasteiger partial charge in [-0.25, -0.2) is 9.97 Å². The third kappa shape index (κ3) is 4.71. The topological polar surface area (TPSA) is 75.4 Å². The number of nitrogens with two attached hydrogens (primary N) is 1. The molecule has 0 bridgehead atoms. The maximum atomic E-state index is 12.6. The Bertz CT molecular complexity index is 994. The molecule has 2 N–H and O–H groups in total. The van der Waals surface area contributed by atoms with E-state index < -0.39 is 0 Å². The number of hydrogen-bond donors (Lipinski definition) is 1. The largest absolute Gasteiger partial charge is 0.383 e. The van der Waals surface area contributed by atoms with Crippen molar-refractivity contribution in [2.24, 2.45) is 0 Å². The van der Waals surface area contributed by atoms with Crippen LogP contribution in [0, 0.1) is 6.92 Å². The van der Waals surface area contributed by atoms with Gasteiger partial charge < -0.3 is 10.6 Å². The molecule has 150 valence electrons. The number of para-hydroxylation sites is 1. The molecule has 0 aliphatic carbocycles. The van der Waals surface area contributed by atoms with Gasteiger partial charge in [0.2, 0.25) is 5.91 Å². The molecule has 0 unspecified atom stereocenters. The van der Waals surface area contributed by atoms with Gasteiger partial charge in [0.05, 0.1) is 12.1 Å². The van der Waals surface area contributed by atoms with Crippen LogP contribution < -0.4 is 5.73 Å². The second kappa shape index (κ2) is 8.57. The van der Waals surface area contributed by atoms with E-state index in [-0.39, 0.29) is 5.91 Å². The summed E-state index contributed by atoms with van der Waals surface area (Å²) >= 11 is 0. The number of aromatic nitrogens is 2. The van der Waals surface area contributed by atoms with Crippen LogP contribution in [0.1, 0.15) is 23.4 Å². The molecule has 0 radical (unpaired) electrons. The highest BCUT2D eigenvalue weighted by Gasteiger charge is 2.21. The number of anilines is 1. The number of nitrogen functional groups attached to an aromatic ring is 1. The van der Waals surface area contributed by atoms with E-state index in [1.807, 2.05) is 29.2 Å². The lowest BCUT2D eigenvalue weighted by Crippen LogP contribution is -2.48. The normalized spacial score (nSPS) is 15.0. The van der Waals surface area contributed by atoms with Gasteiger partial charge >= 0.3 is 0 Å². The van der Waals surface area contributed by atoms with Crippen molar-refractivity contribution in [1.82, 2.24) is 19.8 Å². The number of nitrogens with zero attached hydrogens (tertiary/aromatic N) is 4. The van der Waals surface area contributed by atoms with Crippen molar-refractivity contribution in [3.63, 3.8) is 0 Å². The van der Waals surface area contributed by atoms with Crippen LogP contribution in [-0.2, 0) is 17.8 Å². The van der Waals surface area contributed by atoms with Gasteiger partial charge in [0.15, 0.2) is 0 Å². The second-order valence-corrected chi connectivity index (χ2v) is 7.68. The third-order valence-corrected chi connectivity index (χ3v) is 5.52. The Balaban J connectivity index is 1.29. The van der Waals surface area contributed by atoms with Crippen LogP contribution in [0.25, 0.3) is 10.9 Å². The van der Waals surface area contributed by atoms with Gasteiger partial charge in [0.1, 0.15) is 11.6 Å². The van der Waals surface area contributed by atoms with Gasteiger partial charge in [-0.1, -0.05) is 42.0 Å². The minimum atomic E-state index is 0.233. The SMILES string of the molecule is Cc1ccc(CCC(=O)N2CCN(Cc3nc(N)c4ccccc4n3)CC2)cc1. The zero-order valence-electron chi connectivity index (χ0n) is 16.8. The van der Waals surface area contributed by atoms with E-state index in [9.17, 15) is 4.79 Å². The molecule has 3 aromatic rings. The van der Waals surface area contributed by atoms with Crippen molar-refractivity contribution in [1.29, 1.82) is 0 Å². The molecule has 4 rings (SSSR count). The highest BCUT2D eigenvalue weighted by molar-refractivity contribution is 5.87. The minimum Gasteiger partial charge on any atom is -0.383 e. The van der Waals surface area contributed by atoms with Gasteiger partial charge in [-0.05, 0) is 31.0 Å². The van der Waals surface area contributed by atoms with Gasteiger partial charge in [-0.2, -0.15) is 0 Å². The van der Waals surface area contributed by atoms with Gasteiger partial charge in [-0.3, -0.25) is 9.69 Å². The predicted octanol–water partition coefficient (Wildman–Crippen LogP) is 2.80. The number of benzene rings is 2. The van der Waals surface area contributed by atoms with Crippen LogP contribution in [0.5, 0.6) is 0 Å². The lowest BCUT2D eigenvalue weighted by molar-refractivity contribution is -0.133. The summed E-state index contributed by atoms with van der Waals surface area (Å²) in [6.07, 6.45) is 1.36. The van der Waals surface area contributed by atoms with E-state index in [0.717, 1.165) is 49.3 Å². The molecule has 2 heterocycles. The molecule has 1 fully saturated rings. The molecule has 1 saturated heterocycles. The molecule has 6 heteroatoms. The van der Waals surface area contributed by atoms with E-state index in [1.54, 1.807) is 0 Å². The van der Waals surface area contributed by atoms with Crippen LogP contribution in [0.3, 0.4) is 0 Å². The van der Waals surface area contributed by atoms with Crippen LogP contribution in [0.15, 0.2) is 48.5 Å². The van der Waals surface area contributed by atoms with Gasteiger partial charge in [-0.15, -0.1) is 0 Å². The van der Waals surface area contributed by atoms with E-state index in [1.165, 1.54) is 11.1 Å². The molecule has 6 nitrogen and oxygen atoms in total. The van der Waals surface area contributed by atoms with Crippen molar-refractivity contribution in [3.05, 3.63) is 65.5 Å². The fraction of sp³-hybridized carbons (Fsp3) is 0.348. The molecule has 0 saturated carbocycles. The van der Waals surface area contributed by atoms with Crippen molar-refractivity contribution < 1.29 is 4.79 Å². The number of rotatable bonds is 5. The van der Waals surface area contributed by atoms with Crippen LogP contribution in [0.2, 0.25) is 0 Å². The van der Waals surface area contributed by atoms with Crippen molar-refractivity contribution >= 4 is 22.6 Å². The summed E-state index contributed by atoms with van der Waals surface area (Å²) in [5.41, 5.74) is 9.43. The fourth-order valence-corrected chi connectivity index (χ4v) is 3.74. The summed E-state index contributed by atoms with van der Waals surface area (Å²) in [5, 5.41) is 0.889. The maximum Gasteiger partial charge on any atom is 0.222 e. The van der Waals surface area contributed by atoms with Crippen molar-refractivity contribution in [3.8, 4) is 0 Å². The van der Waals surface area contributed by atoms with Gasteiger partial charge in [0.25, 0.3) is 0 Å². The van der Waals surface area contributed by atoms with Crippen molar-refractivity contribution in [2.45, 2.75) is 26.3 Å². The van der Waals surface area contributed by atoms with E-state index in [0.29, 0.717) is 18.8 Å². The number of amides is 1. The van der Waals surface area contributed by atoms with Crippen LogP contribution in [-0.4, -0.2) is 51.9 Å². The smallest absolute Gasteiger partial charge is 0.222 e. The fourth-order valence-electron chi connectivity index (χ4n) is 3.74. The molecule has 29 heavy (non-hydrogen) atoms. The molecular weight excluding hydrogens is 362 g/mol. The molecule has 1 aromatic heterocycles. The van der Waals surface area contributed by atoms with E-state index >= 15 is 0 Å². The molecule has 0 atom stereocenters. The second-order valence-electron chi connectivity index (χ2n) is 7.68. The number of hydrogen-bond acceptors (Lipinski definition) is 5. The summed E-state index contributed by atoms with van der Waals surface area (Å²) < 4.78 is 0. The quantitative estimate of drug-likeness (QED) is 0.726. The average Bonchev–Trinajstić information content (AvgIpc) is 2.74. The molecular formula is C23H27N5O. The first-order valence-corrected chi connectivity index (χ1v) is 10.2. The summed E-state index contributed by atoms with van der Waals surface area (Å²) in [6, 6.07) is 16.2. The maximum absolute atomic E-state index is 12.6. The summed E-state index contributed by atoms with van der Waals surface area (Å²) in [6.45, 7) is 5.87. The predicted molar refractivity (Wildman–Crippen MR) is 115 cm³/mol. The average molecular weight is 390 g/mol. The Hall–Kier alpha value is -2.99. The number of piperazine rings is 1. The summed E-state index contributed by atoms with van der Waals surface area (Å²) in [4.78, 5) is 25.9.